The Morgan fingerprint density at radius 3 is 1.88 bits per heavy atom. The van der Waals surface area contributed by atoms with E-state index in [0.29, 0.717) is 25.5 Å². The van der Waals surface area contributed by atoms with Gasteiger partial charge in [-0.05, 0) is 0 Å². The van der Waals surface area contributed by atoms with Crippen molar-refractivity contribution in [3.63, 3.8) is 0 Å². The molecule has 0 aliphatic carbocycles. The first-order valence-electron chi connectivity index (χ1n) is 4.85. The van der Waals surface area contributed by atoms with E-state index in [1.165, 1.54) is 0 Å². The van der Waals surface area contributed by atoms with Crippen LogP contribution in [0.2, 0.25) is 0 Å². The van der Waals surface area contributed by atoms with Crippen molar-refractivity contribution in [3.05, 3.63) is 5.82 Å². The van der Waals surface area contributed by atoms with Gasteiger partial charge in [-0.2, -0.15) is 15.0 Å². The molecule has 1 heterocycles. The standard InChI is InChI=1S/C8H16N6O2/c9-7-11-6(12-8(10)13-7)5-14(1-3-15)2-4-16/h15-16H,1-5H2,(H4,9,10,11,12,13). The predicted octanol–water partition coefficient (Wildman–Crippen LogP) is -2.18. The molecule has 0 aliphatic rings. The van der Waals surface area contributed by atoms with Crippen molar-refractivity contribution in [2.75, 3.05) is 37.8 Å². The molecule has 1 aromatic rings. The molecular formula is C8H16N6O2. The van der Waals surface area contributed by atoms with Gasteiger partial charge in [0.1, 0.15) is 5.82 Å². The molecule has 0 saturated carbocycles. The molecular weight excluding hydrogens is 212 g/mol. The molecule has 1 rings (SSSR count). The number of rotatable bonds is 6. The average molecular weight is 228 g/mol. The topological polar surface area (TPSA) is 134 Å². The van der Waals surface area contributed by atoms with Gasteiger partial charge in [0.15, 0.2) is 0 Å². The second-order valence-electron chi connectivity index (χ2n) is 3.19. The maximum atomic E-state index is 8.82. The van der Waals surface area contributed by atoms with Crippen LogP contribution in [0.15, 0.2) is 0 Å². The van der Waals surface area contributed by atoms with Gasteiger partial charge in [-0.15, -0.1) is 0 Å². The summed E-state index contributed by atoms with van der Waals surface area (Å²) >= 11 is 0. The molecule has 0 radical (unpaired) electrons. The Morgan fingerprint density at radius 1 is 0.938 bits per heavy atom. The monoisotopic (exact) mass is 228 g/mol. The first-order chi connectivity index (χ1) is 7.65. The van der Waals surface area contributed by atoms with Gasteiger partial charge in [-0.3, -0.25) is 4.90 Å². The third-order valence-corrected chi connectivity index (χ3v) is 1.91. The van der Waals surface area contributed by atoms with Crippen molar-refractivity contribution in [1.29, 1.82) is 0 Å². The number of nitrogen functional groups attached to an aromatic ring is 2. The van der Waals surface area contributed by atoms with Crippen LogP contribution in [0.5, 0.6) is 0 Å². The van der Waals surface area contributed by atoms with Crippen LogP contribution in [0.3, 0.4) is 0 Å². The molecule has 0 atom stereocenters. The summed E-state index contributed by atoms with van der Waals surface area (Å²) < 4.78 is 0. The number of hydrogen-bond acceptors (Lipinski definition) is 8. The lowest BCUT2D eigenvalue weighted by molar-refractivity contribution is 0.153. The van der Waals surface area contributed by atoms with E-state index in [-0.39, 0.29) is 25.1 Å². The van der Waals surface area contributed by atoms with Crippen molar-refractivity contribution in [2.24, 2.45) is 0 Å². The van der Waals surface area contributed by atoms with Gasteiger partial charge >= 0.3 is 0 Å². The highest BCUT2D eigenvalue weighted by Gasteiger charge is 2.08. The molecule has 0 amide bonds. The minimum absolute atomic E-state index is 0.00392. The predicted molar refractivity (Wildman–Crippen MR) is 58.1 cm³/mol. The summed E-state index contributed by atoms with van der Waals surface area (Å²) in [6.07, 6.45) is 0. The second kappa shape index (κ2) is 6.16. The molecule has 90 valence electrons. The normalized spacial score (nSPS) is 10.9. The van der Waals surface area contributed by atoms with Gasteiger partial charge in [-0.1, -0.05) is 0 Å². The van der Waals surface area contributed by atoms with Crippen LogP contribution in [0.4, 0.5) is 11.9 Å². The fraction of sp³-hybridized carbons (Fsp3) is 0.625. The average Bonchev–Trinajstić information content (AvgIpc) is 2.16. The lowest BCUT2D eigenvalue weighted by atomic mass is 10.4. The number of nitrogens with two attached hydrogens (primary N) is 2. The molecule has 1 aromatic heterocycles. The van der Waals surface area contributed by atoms with E-state index in [2.05, 4.69) is 15.0 Å². The Labute approximate surface area is 92.9 Å². The third kappa shape index (κ3) is 3.93. The SMILES string of the molecule is Nc1nc(N)nc(CN(CCO)CCO)n1. The lowest BCUT2D eigenvalue weighted by Crippen LogP contribution is -2.30. The Bertz CT molecular complexity index is 308. The molecule has 0 unspecified atom stereocenters. The fourth-order valence-electron chi connectivity index (χ4n) is 1.28. The van der Waals surface area contributed by atoms with Crippen molar-refractivity contribution in [3.8, 4) is 0 Å². The van der Waals surface area contributed by atoms with Crippen LogP contribution < -0.4 is 11.5 Å². The quantitative estimate of drug-likeness (QED) is 0.432. The summed E-state index contributed by atoms with van der Waals surface area (Å²) in [6.45, 7) is 1.20. The van der Waals surface area contributed by atoms with Crippen LogP contribution in [-0.2, 0) is 6.54 Å². The van der Waals surface area contributed by atoms with E-state index in [1.807, 2.05) is 0 Å². The second-order valence-corrected chi connectivity index (χ2v) is 3.19. The summed E-state index contributed by atoms with van der Waals surface area (Å²) in [6, 6.07) is 0. The van der Waals surface area contributed by atoms with E-state index >= 15 is 0 Å². The van der Waals surface area contributed by atoms with Crippen LogP contribution in [-0.4, -0.2) is 56.4 Å². The number of nitrogens with zero attached hydrogens (tertiary/aromatic N) is 4. The number of hydrogen-bond donors (Lipinski definition) is 4. The molecule has 16 heavy (non-hydrogen) atoms. The number of aromatic nitrogens is 3. The Kier molecular flexibility index (Phi) is 4.83. The molecule has 6 N–H and O–H groups in total. The molecule has 0 spiro atoms. The van der Waals surface area contributed by atoms with Gasteiger partial charge < -0.3 is 21.7 Å². The number of aliphatic hydroxyl groups excluding tert-OH is 2. The highest BCUT2D eigenvalue weighted by molar-refractivity contribution is 5.25. The number of aliphatic hydroxyl groups is 2. The Hall–Kier alpha value is -1.51. The molecule has 0 bridgehead atoms. The molecule has 8 nitrogen and oxygen atoms in total. The van der Waals surface area contributed by atoms with Crippen LogP contribution in [0, 0.1) is 0 Å². The van der Waals surface area contributed by atoms with Crippen molar-refractivity contribution >= 4 is 11.9 Å². The van der Waals surface area contributed by atoms with E-state index < -0.39 is 0 Å². The van der Waals surface area contributed by atoms with E-state index in [1.54, 1.807) is 4.90 Å². The van der Waals surface area contributed by atoms with Crippen LogP contribution in [0.25, 0.3) is 0 Å². The largest absolute Gasteiger partial charge is 0.395 e. The van der Waals surface area contributed by atoms with Gasteiger partial charge in [0.25, 0.3) is 0 Å². The zero-order valence-corrected chi connectivity index (χ0v) is 8.87. The Morgan fingerprint density at radius 2 is 1.44 bits per heavy atom. The third-order valence-electron chi connectivity index (χ3n) is 1.91. The van der Waals surface area contributed by atoms with Crippen molar-refractivity contribution < 1.29 is 10.2 Å². The molecule has 0 aliphatic heterocycles. The first-order valence-corrected chi connectivity index (χ1v) is 4.85. The maximum Gasteiger partial charge on any atom is 0.225 e. The summed E-state index contributed by atoms with van der Waals surface area (Å²) in [5.74, 6) is 0.554. The summed E-state index contributed by atoms with van der Waals surface area (Å²) in [5, 5.41) is 17.6. The minimum atomic E-state index is -0.00392. The van der Waals surface area contributed by atoms with E-state index in [4.69, 9.17) is 21.7 Å². The lowest BCUT2D eigenvalue weighted by Gasteiger charge is -2.18. The molecule has 0 aromatic carbocycles. The van der Waals surface area contributed by atoms with Crippen molar-refractivity contribution in [1.82, 2.24) is 19.9 Å². The maximum absolute atomic E-state index is 8.82. The van der Waals surface area contributed by atoms with Crippen molar-refractivity contribution in [2.45, 2.75) is 6.54 Å². The summed E-state index contributed by atoms with van der Waals surface area (Å²) in [5.41, 5.74) is 10.8. The zero-order chi connectivity index (χ0) is 12.0. The fourth-order valence-corrected chi connectivity index (χ4v) is 1.28. The van der Waals surface area contributed by atoms with Gasteiger partial charge in [0, 0.05) is 13.1 Å². The molecule has 0 fully saturated rings. The first kappa shape index (κ1) is 12.6. The molecule has 0 saturated heterocycles. The smallest absolute Gasteiger partial charge is 0.225 e. The highest BCUT2D eigenvalue weighted by atomic mass is 16.3. The van der Waals surface area contributed by atoms with Gasteiger partial charge in [0.05, 0.1) is 19.8 Å². The Balaban J connectivity index is 2.68. The van der Waals surface area contributed by atoms with Crippen LogP contribution in [0.1, 0.15) is 5.82 Å². The summed E-state index contributed by atoms with van der Waals surface area (Å²) in [7, 11) is 0. The van der Waals surface area contributed by atoms with Crippen LogP contribution >= 0.6 is 0 Å². The van der Waals surface area contributed by atoms with Gasteiger partial charge in [-0.25, -0.2) is 0 Å². The summed E-state index contributed by atoms with van der Waals surface area (Å²) in [4.78, 5) is 13.3. The van der Waals surface area contributed by atoms with E-state index in [0.717, 1.165) is 0 Å². The van der Waals surface area contributed by atoms with E-state index in [9.17, 15) is 0 Å². The minimum Gasteiger partial charge on any atom is -0.395 e. The molecule has 8 heteroatoms. The highest BCUT2D eigenvalue weighted by Crippen LogP contribution is 2.02. The zero-order valence-electron chi connectivity index (χ0n) is 8.87. The van der Waals surface area contributed by atoms with Gasteiger partial charge in [0.2, 0.25) is 11.9 Å². The number of anilines is 2.